The highest BCUT2D eigenvalue weighted by atomic mass is 32.1. The highest BCUT2D eigenvalue weighted by Crippen LogP contribution is 2.07. The van der Waals surface area contributed by atoms with Crippen molar-refractivity contribution in [3.05, 3.63) is 16.6 Å². The topological polar surface area (TPSA) is 42.0 Å². The summed E-state index contributed by atoms with van der Waals surface area (Å²) in [6.45, 7) is 6.41. The Labute approximate surface area is 94.9 Å². The molecule has 0 spiro atoms. The summed E-state index contributed by atoms with van der Waals surface area (Å²) >= 11 is 1.44. The molecule has 84 valence electrons. The SMILES string of the molecule is CC(C)CCC(C)NC(=O)c1cscn1. The first-order chi connectivity index (χ1) is 7.09. The monoisotopic (exact) mass is 226 g/mol. The lowest BCUT2D eigenvalue weighted by Crippen LogP contribution is -2.32. The first-order valence-corrected chi connectivity index (χ1v) is 6.23. The molecule has 0 saturated carbocycles. The zero-order valence-electron chi connectivity index (χ0n) is 9.49. The molecule has 15 heavy (non-hydrogen) atoms. The van der Waals surface area contributed by atoms with Gasteiger partial charge >= 0.3 is 0 Å². The van der Waals surface area contributed by atoms with E-state index in [1.807, 2.05) is 6.92 Å². The van der Waals surface area contributed by atoms with Gasteiger partial charge in [-0.3, -0.25) is 4.79 Å². The van der Waals surface area contributed by atoms with E-state index in [4.69, 9.17) is 0 Å². The fourth-order valence-electron chi connectivity index (χ4n) is 1.28. The lowest BCUT2D eigenvalue weighted by atomic mass is 10.0. The molecule has 0 saturated heterocycles. The van der Waals surface area contributed by atoms with Gasteiger partial charge in [-0.1, -0.05) is 13.8 Å². The van der Waals surface area contributed by atoms with Crippen LogP contribution in [0.1, 0.15) is 44.1 Å². The predicted molar refractivity (Wildman–Crippen MR) is 63.1 cm³/mol. The summed E-state index contributed by atoms with van der Waals surface area (Å²) in [5, 5.41) is 4.71. The summed E-state index contributed by atoms with van der Waals surface area (Å²) in [7, 11) is 0. The molecule has 1 heterocycles. The van der Waals surface area contributed by atoms with E-state index in [2.05, 4.69) is 24.1 Å². The largest absolute Gasteiger partial charge is 0.348 e. The summed E-state index contributed by atoms with van der Waals surface area (Å²) < 4.78 is 0. The summed E-state index contributed by atoms with van der Waals surface area (Å²) in [5.41, 5.74) is 2.20. The molecular weight excluding hydrogens is 208 g/mol. The second-order valence-electron chi connectivity index (χ2n) is 4.22. The third-order valence-electron chi connectivity index (χ3n) is 2.22. The van der Waals surface area contributed by atoms with Gasteiger partial charge in [0.15, 0.2) is 0 Å². The van der Waals surface area contributed by atoms with Gasteiger partial charge in [-0.25, -0.2) is 4.98 Å². The van der Waals surface area contributed by atoms with Crippen LogP contribution in [0.5, 0.6) is 0 Å². The lowest BCUT2D eigenvalue weighted by Gasteiger charge is -2.14. The van der Waals surface area contributed by atoms with Crippen LogP contribution in [0.2, 0.25) is 0 Å². The summed E-state index contributed by atoms with van der Waals surface area (Å²) in [6, 6.07) is 0.224. The maximum Gasteiger partial charge on any atom is 0.270 e. The molecule has 1 aromatic rings. The maximum absolute atomic E-state index is 11.6. The molecule has 0 radical (unpaired) electrons. The Morgan fingerprint density at radius 1 is 1.47 bits per heavy atom. The number of carbonyl (C=O) groups is 1. The smallest absolute Gasteiger partial charge is 0.270 e. The number of carbonyl (C=O) groups excluding carboxylic acids is 1. The molecule has 3 nitrogen and oxygen atoms in total. The Morgan fingerprint density at radius 2 is 2.20 bits per heavy atom. The Kier molecular flexibility index (Phi) is 4.75. The standard InChI is InChI=1S/C11H18N2OS/c1-8(2)4-5-9(3)13-11(14)10-6-15-7-12-10/h6-9H,4-5H2,1-3H3,(H,13,14). The van der Waals surface area contributed by atoms with Crippen LogP contribution in [-0.4, -0.2) is 16.9 Å². The predicted octanol–water partition coefficient (Wildman–Crippen LogP) is 2.70. The van der Waals surface area contributed by atoms with Crippen LogP contribution in [-0.2, 0) is 0 Å². The molecule has 0 aliphatic carbocycles. The molecular formula is C11H18N2OS. The molecule has 0 bridgehead atoms. The van der Waals surface area contributed by atoms with Crippen molar-refractivity contribution < 1.29 is 4.79 Å². The third kappa shape index (κ3) is 4.42. The second-order valence-corrected chi connectivity index (χ2v) is 4.94. The van der Waals surface area contributed by atoms with Gasteiger partial charge in [-0.05, 0) is 25.7 Å². The highest BCUT2D eigenvalue weighted by molar-refractivity contribution is 7.07. The number of rotatable bonds is 5. The first-order valence-electron chi connectivity index (χ1n) is 5.28. The molecule has 0 aromatic carbocycles. The molecule has 1 aromatic heterocycles. The van der Waals surface area contributed by atoms with Gasteiger partial charge in [0, 0.05) is 11.4 Å². The molecule has 1 atom stereocenters. The molecule has 1 amide bonds. The average molecular weight is 226 g/mol. The van der Waals surface area contributed by atoms with Crippen LogP contribution >= 0.6 is 11.3 Å². The maximum atomic E-state index is 11.6. The number of hydrogen-bond donors (Lipinski definition) is 1. The number of aromatic nitrogens is 1. The van der Waals surface area contributed by atoms with E-state index in [1.165, 1.54) is 11.3 Å². The zero-order valence-corrected chi connectivity index (χ0v) is 10.3. The summed E-state index contributed by atoms with van der Waals surface area (Å²) in [4.78, 5) is 15.6. The van der Waals surface area contributed by atoms with Crippen LogP contribution in [0.4, 0.5) is 0 Å². The Morgan fingerprint density at radius 3 is 2.73 bits per heavy atom. The molecule has 0 aliphatic rings. The van der Waals surface area contributed by atoms with Gasteiger partial charge in [0.1, 0.15) is 5.69 Å². The van der Waals surface area contributed by atoms with Crippen molar-refractivity contribution in [3.8, 4) is 0 Å². The van der Waals surface area contributed by atoms with E-state index < -0.39 is 0 Å². The second kappa shape index (κ2) is 5.85. The normalized spacial score (nSPS) is 12.8. The van der Waals surface area contributed by atoms with Crippen LogP contribution in [0.3, 0.4) is 0 Å². The van der Waals surface area contributed by atoms with Gasteiger partial charge in [-0.15, -0.1) is 11.3 Å². The quantitative estimate of drug-likeness (QED) is 0.838. The van der Waals surface area contributed by atoms with E-state index in [0.717, 1.165) is 12.8 Å². The number of nitrogens with one attached hydrogen (secondary N) is 1. The van der Waals surface area contributed by atoms with Gasteiger partial charge in [0.2, 0.25) is 0 Å². The van der Waals surface area contributed by atoms with Crippen molar-refractivity contribution >= 4 is 17.2 Å². The minimum atomic E-state index is -0.0625. The van der Waals surface area contributed by atoms with E-state index >= 15 is 0 Å². The summed E-state index contributed by atoms with van der Waals surface area (Å²) in [6.07, 6.45) is 2.16. The molecule has 0 fully saturated rings. The van der Waals surface area contributed by atoms with Crippen LogP contribution < -0.4 is 5.32 Å². The molecule has 0 aliphatic heterocycles. The minimum absolute atomic E-state index is 0.0625. The Balaban J connectivity index is 2.32. The number of amides is 1. The molecule has 1 N–H and O–H groups in total. The van der Waals surface area contributed by atoms with Gasteiger partial charge in [0.25, 0.3) is 5.91 Å². The van der Waals surface area contributed by atoms with E-state index in [0.29, 0.717) is 11.6 Å². The number of nitrogens with zero attached hydrogens (tertiary/aromatic N) is 1. The minimum Gasteiger partial charge on any atom is -0.348 e. The fraction of sp³-hybridized carbons (Fsp3) is 0.636. The average Bonchev–Trinajstić information content (AvgIpc) is 2.67. The zero-order chi connectivity index (χ0) is 11.3. The van der Waals surface area contributed by atoms with Gasteiger partial charge in [-0.2, -0.15) is 0 Å². The lowest BCUT2D eigenvalue weighted by molar-refractivity contribution is 0.0933. The van der Waals surface area contributed by atoms with Crippen molar-refractivity contribution in [2.75, 3.05) is 0 Å². The fourth-order valence-corrected chi connectivity index (χ4v) is 1.81. The van der Waals surface area contributed by atoms with Crippen LogP contribution in [0, 0.1) is 5.92 Å². The number of thiazole rings is 1. The molecule has 4 heteroatoms. The van der Waals surface area contributed by atoms with Crippen molar-refractivity contribution in [1.29, 1.82) is 0 Å². The molecule has 1 rings (SSSR count). The Hall–Kier alpha value is -0.900. The van der Waals surface area contributed by atoms with Crippen molar-refractivity contribution in [1.82, 2.24) is 10.3 Å². The van der Waals surface area contributed by atoms with E-state index in [1.54, 1.807) is 10.9 Å². The highest BCUT2D eigenvalue weighted by Gasteiger charge is 2.11. The van der Waals surface area contributed by atoms with E-state index in [-0.39, 0.29) is 11.9 Å². The summed E-state index contributed by atoms with van der Waals surface area (Å²) in [5.74, 6) is 0.621. The van der Waals surface area contributed by atoms with Crippen LogP contribution in [0.25, 0.3) is 0 Å². The first kappa shape index (κ1) is 12.2. The van der Waals surface area contributed by atoms with Crippen molar-refractivity contribution in [2.45, 2.75) is 39.7 Å². The number of hydrogen-bond acceptors (Lipinski definition) is 3. The van der Waals surface area contributed by atoms with Gasteiger partial charge in [0.05, 0.1) is 5.51 Å². The van der Waals surface area contributed by atoms with Gasteiger partial charge < -0.3 is 5.32 Å². The van der Waals surface area contributed by atoms with Crippen molar-refractivity contribution in [3.63, 3.8) is 0 Å². The third-order valence-corrected chi connectivity index (χ3v) is 2.81. The van der Waals surface area contributed by atoms with Crippen molar-refractivity contribution in [2.24, 2.45) is 5.92 Å². The van der Waals surface area contributed by atoms with Crippen LogP contribution in [0.15, 0.2) is 10.9 Å². The van der Waals surface area contributed by atoms with E-state index in [9.17, 15) is 4.79 Å². The Bertz CT molecular complexity index is 296. The molecule has 1 unspecified atom stereocenters.